The Bertz CT molecular complexity index is 1880. The molecular weight excluding hydrogens is 527 g/mol. The van der Waals surface area contributed by atoms with Crippen LogP contribution in [0.15, 0.2) is 67.1 Å². The van der Waals surface area contributed by atoms with E-state index in [-0.39, 0.29) is 5.82 Å². The molecule has 7 rings (SSSR count). The van der Waals surface area contributed by atoms with Crippen LogP contribution in [0.25, 0.3) is 55.8 Å². The SMILES string of the molecule is CN(C)c1cncc(-c2ccc3[nH]nc(-c4nc5c(-c6cc(F)cc(CCCN7CCCC7)c6)nccc5[nH]4)c3c2)c1. The number of aromatic amines is 2. The van der Waals surface area contributed by atoms with Crippen LogP contribution >= 0.6 is 0 Å². The van der Waals surface area contributed by atoms with Gasteiger partial charge in [-0.1, -0.05) is 6.07 Å². The van der Waals surface area contributed by atoms with Crippen LogP contribution in [0.5, 0.6) is 0 Å². The summed E-state index contributed by atoms with van der Waals surface area (Å²) in [4.78, 5) is 22.0. The quantitative estimate of drug-likeness (QED) is 0.222. The molecule has 0 spiro atoms. The number of likely N-dealkylation sites (tertiary alicyclic amines) is 1. The number of pyridine rings is 2. The summed E-state index contributed by atoms with van der Waals surface area (Å²) in [6.45, 7) is 3.41. The highest BCUT2D eigenvalue weighted by atomic mass is 19.1. The number of imidazole rings is 1. The van der Waals surface area contributed by atoms with Crippen molar-refractivity contribution in [3.05, 3.63) is 78.5 Å². The number of fused-ring (bicyclic) bond motifs is 2. The number of halogens is 1. The van der Waals surface area contributed by atoms with E-state index >= 15 is 0 Å². The van der Waals surface area contributed by atoms with E-state index in [0.717, 1.165) is 63.7 Å². The lowest BCUT2D eigenvalue weighted by Crippen LogP contribution is -2.20. The van der Waals surface area contributed by atoms with Crippen LogP contribution in [0.2, 0.25) is 0 Å². The van der Waals surface area contributed by atoms with Crippen molar-refractivity contribution in [2.24, 2.45) is 0 Å². The third kappa shape index (κ3) is 5.12. The molecule has 6 aromatic rings. The van der Waals surface area contributed by atoms with Gasteiger partial charge in [-0.3, -0.25) is 15.1 Å². The summed E-state index contributed by atoms with van der Waals surface area (Å²) < 4.78 is 14.8. The second-order valence-corrected chi connectivity index (χ2v) is 11.3. The molecule has 1 fully saturated rings. The maximum absolute atomic E-state index is 14.8. The van der Waals surface area contributed by atoms with Crippen molar-refractivity contribution >= 4 is 27.6 Å². The smallest absolute Gasteiger partial charge is 0.159 e. The lowest BCUT2D eigenvalue weighted by molar-refractivity contribution is 0.334. The number of H-pyrrole nitrogens is 2. The summed E-state index contributed by atoms with van der Waals surface area (Å²) in [5, 5.41) is 8.70. The van der Waals surface area contributed by atoms with E-state index in [4.69, 9.17) is 4.98 Å². The van der Waals surface area contributed by atoms with E-state index in [1.54, 1.807) is 18.3 Å². The minimum Gasteiger partial charge on any atom is -0.376 e. The Morgan fingerprint density at radius 1 is 0.905 bits per heavy atom. The van der Waals surface area contributed by atoms with Crippen LogP contribution in [0.3, 0.4) is 0 Å². The molecule has 4 aromatic heterocycles. The van der Waals surface area contributed by atoms with Crippen LogP contribution in [0.4, 0.5) is 10.1 Å². The summed E-state index contributed by atoms with van der Waals surface area (Å²) in [5.74, 6) is 0.377. The molecule has 42 heavy (non-hydrogen) atoms. The zero-order chi connectivity index (χ0) is 28.6. The molecule has 0 atom stereocenters. The Balaban J connectivity index is 1.22. The number of rotatable bonds is 8. The predicted octanol–water partition coefficient (Wildman–Crippen LogP) is 6.46. The van der Waals surface area contributed by atoms with Crippen LogP contribution in [-0.2, 0) is 6.42 Å². The Hall–Kier alpha value is -4.63. The van der Waals surface area contributed by atoms with E-state index in [1.165, 1.54) is 25.9 Å². The van der Waals surface area contributed by atoms with E-state index < -0.39 is 0 Å². The van der Waals surface area contributed by atoms with Gasteiger partial charge in [0, 0.05) is 43.0 Å². The maximum Gasteiger partial charge on any atom is 0.159 e. The number of hydrogen-bond donors (Lipinski definition) is 2. The Kier molecular flexibility index (Phi) is 6.87. The fraction of sp³-hybridized carbons (Fsp3) is 0.273. The van der Waals surface area contributed by atoms with Gasteiger partial charge in [-0.2, -0.15) is 5.10 Å². The second-order valence-electron chi connectivity index (χ2n) is 11.3. The van der Waals surface area contributed by atoms with E-state index in [2.05, 4.69) is 54.3 Å². The van der Waals surface area contributed by atoms with Gasteiger partial charge in [-0.25, -0.2) is 9.37 Å². The zero-order valence-corrected chi connectivity index (χ0v) is 23.9. The van der Waals surface area contributed by atoms with E-state index in [9.17, 15) is 4.39 Å². The van der Waals surface area contributed by atoms with Gasteiger partial charge in [0.25, 0.3) is 0 Å². The first-order chi connectivity index (χ1) is 20.5. The summed E-state index contributed by atoms with van der Waals surface area (Å²) in [6, 6.07) is 15.4. The molecular formula is C33H33FN8. The lowest BCUT2D eigenvalue weighted by Gasteiger charge is -2.14. The number of anilines is 1. The number of hydrogen-bond acceptors (Lipinski definition) is 6. The van der Waals surface area contributed by atoms with E-state index in [0.29, 0.717) is 22.7 Å². The molecule has 1 aliphatic heterocycles. The van der Waals surface area contributed by atoms with Crippen molar-refractivity contribution < 1.29 is 4.39 Å². The molecule has 0 radical (unpaired) electrons. The number of aromatic nitrogens is 6. The predicted molar refractivity (Wildman–Crippen MR) is 166 cm³/mol. The first-order valence-electron chi connectivity index (χ1n) is 14.5. The van der Waals surface area contributed by atoms with Crippen molar-refractivity contribution in [2.45, 2.75) is 25.7 Å². The lowest BCUT2D eigenvalue weighted by atomic mass is 10.0. The zero-order valence-electron chi connectivity index (χ0n) is 23.9. The van der Waals surface area contributed by atoms with Crippen LogP contribution in [0.1, 0.15) is 24.8 Å². The molecule has 212 valence electrons. The van der Waals surface area contributed by atoms with Gasteiger partial charge in [0.15, 0.2) is 5.82 Å². The third-order valence-corrected chi connectivity index (χ3v) is 8.13. The van der Waals surface area contributed by atoms with Crippen molar-refractivity contribution in [3.8, 4) is 33.9 Å². The van der Waals surface area contributed by atoms with Gasteiger partial charge in [0.1, 0.15) is 17.0 Å². The molecule has 9 heteroatoms. The third-order valence-electron chi connectivity index (χ3n) is 8.13. The first-order valence-corrected chi connectivity index (χ1v) is 14.5. The fourth-order valence-electron chi connectivity index (χ4n) is 5.91. The van der Waals surface area contributed by atoms with Crippen molar-refractivity contribution in [1.82, 2.24) is 35.0 Å². The highest BCUT2D eigenvalue weighted by Gasteiger charge is 2.18. The van der Waals surface area contributed by atoms with Gasteiger partial charge in [0.05, 0.1) is 28.6 Å². The van der Waals surface area contributed by atoms with Crippen molar-refractivity contribution in [1.29, 1.82) is 0 Å². The molecule has 0 saturated carbocycles. The normalized spacial score (nSPS) is 13.9. The average molecular weight is 561 g/mol. The first kappa shape index (κ1) is 26.3. The molecule has 0 aliphatic carbocycles. The second kappa shape index (κ2) is 11.0. The molecule has 2 N–H and O–H groups in total. The summed E-state index contributed by atoms with van der Waals surface area (Å²) in [5.41, 5.74) is 8.61. The number of benzene rings is 2. The van der Waals surface area contributed by atoms with Crippen LogP contribution in [-0.4, -0.2) is 68.8 Å². The fourth-order valence-corrected chi connectivity index (χ4v) is 5.91. The van der Waals surface area contributed by atoms with Crippen LogP contribution < -0.4 is 4.90 Å². The van der Waals surface area contributed by atoms with Gasteiger partial charge >= 0.3 is 0 Å². The number of nitrogens with zero attached hydrogens (tertiary/aromatic N) is 6. The summed E-state index contributed by atoms with van der Waals surface area (Å²) in [6.07, 6.45) is 9.86. The minimum atomic E-state index is -0.253. The molecule has 0 amide bonds. The monoisotopic (exact) mass is 560 g/mol. The van der Waals surface area contributed by atoms with E-state index in [1.807, 2.05) is 43.5 Å². The number of aryl methyl sites for hydroxylation is 1. The topological polar surface area (TPSA) is 89.6 Å². The van der Waals surface area contributed by atoms with Gasteiger partial charge in [-0.05, 0) is 98.9 Å². The Labute approximate surface area is 243 Å². The molecule has 1 aliphatic rings. The van der Waals surface area contributed by atoms with Crippen molar-refractivity contribution in [3.63, 3.8) is 0 Å². The molecule has 0 bridgehead atoms. The minimum absolute atomic E-state index is 0.253. The van der Waals surface area contributed by atoms with Gasteiger partial charge in [-0.15, -0.1) is 0 Å². The largest absolute Gasteiger partial charge is 0.376 e. The highest BCUT2D eigenvalue weighted by Crippen LogP contribution is 2.33. The molecule has 2 aromatic carbocycles. The van der Waals surface area contributed by atoms with Gasteiger partial charge < -0.3 is 14.8 Å². The summed E-state index contributed by atoms with van der Waals surface area (Å²) in [7, 11) is 4.01. The Morgan fingerprint density at radius 2 is 1.79 bits per heavy atom. The summed E-state index contributed by atoms with van der Waals surface area (Å²) >= 11 is 0. The molecule has 5 heterocycles. The maximum atomic E-state index is 14.8. The molecule has 0 unspecified atom stereocenters. The molecule has 8 nitrogen and oxygen atoms in total. The number of nitrogens with one attached hydrogen (secondary N) is 2. The highest BCUT2D eigenvalue weighted by molar-refractivity contribution is 5.97. The van der Waals surface area contributed by atoms with Crippen LogP contribution in [0, 0.1) is 5.82 Å². The Morgan fingerprint density at radius 3 is 2.64 bits per heavy atom. The average Bonchev–Trinajstić information content (AvgIpc) is 3.76. The molecule has 1 saturated heterocycles. The van der Waals surface area contributed by atoms with Gasteiger partial charge in [0.2, 0.25) is 0 Å². The standard InChI is InChI=1S/C33H33FN8/c1-41(2)26-17-24(19-35-20-26)22-7-8-28-27(18-22)31(40-39-28)33-37-29-9-10-36-30(32(29)38-33)23-14-21(15-25(34)16-23)6-5-13-42-11-3-4-12-42/h7-10,14-20H,3-6,11-13H2,1-2H3,(H,37,38)(H,39,40). The van der Waals surface area contributed by atoms with Crippen molar-refractivity contribution in [2.75, 3.05) is 38.6 Å².